The fourth-order valence-electron chi connectivity index (χ4n) is 5.69. The van der Waals surface area contributed by atoms with Crippen LogP contribution in [0, 0.1) is 0 Å². The Hall–Kier alpha value is -4.59. The lowest BCUT2D eigenvalue weighted by atomic mass is 10.1. The van der Waals surface area contributed by atoms with Gasteiger partial charge in [0.25, 0.3) is 0 Å². The third-order valence-corrected chi connectivity index (χ3v) is 8.20. The van der Waals surface area contributed by atoms with Crippen molar-refractivity contribution in [1.29, 1.82) is 0 Å². The molecule has 0 fully saturated rings. The fourth-order valence-corrected chi connectivity index (χ4v) is 5.81. The number of imidazole rings is 1. The van der Waals surface area contributed by atoms with Crippen molar-refractivity contribution in [3.05, 3.63) is 124 Å². The summed E-state index contributed by atoms with van der Waals surface area (Å²) in [6.07, 6.45) is 2.07. The van der Waals surface area contributed by atoms with Crippen LogP contribution in [-0.2, 0) is 26.2 Å². The lowest BCUT2D eigenvalue weighted by molar-refractivity contribution is 0.0697. The molecule has 5 aromatic rings. The Morgan fingerprint density at radius 3 is 2.24 bits per heavy atom. The quantitative estimate of drug-likeness (QED) is 0.151. The fraction of sp³-hybridized carbons (Fsp3) is 0.243. The Bertz CT molecular complexity index is 1750. The van der Waals surface area contributed by atoms with Crippen molar-refractivity contribution in [2.45, 2.75) is 45.9 Å². The zero-order chi connectivity index (χ0) is 31.2. The summed E-state index contributed by atoms with van der Waals surface area (Å²) in [5, 5.41) is 10.1. The van der Waals surface area contributed by atoms with Crippen LogP contribution >= 0.6 is 11.6 Å². The minimum Gasteiger partial charge on any atom is -0.486 e. The molecule has 230 valence electrons. The molecule has 2 heterocycles. The van der Waals surface area contributed by atoms with E-state index in [-0.39, 0.29) is 5.56 Å². The van der Waals surface area contributed by atoms with E-state index >= 15 is 0 Å². The number of benzene rings is 4. The van der Waals surface area contributed by atoms with Crippen LogP contribution in [-0.4, -0.2) is 38.7 Å². The molecule has 6 rings (SSSR count). The largest absolute Gasteiger partial charge is 0.486 e. The van der Waals surface area contributed by atoms with E-state index in [0.29, 0.717) is 37.9 Å². The minimum atomic E-state index is -0.935. The van der Waals surface area contributed by atoms with Crippen LogP contribution in [0.2, 0.25) is 5.02 Å². The van der Waals surface area contributed by atoms with Crippen molar-refractivity contribution >= 4 is 17.6 Å². The monoisotopic (exact) mass is 621 g/mol. The smallest absolute Gasteiger partial charge is 0.335 e. The second-order valence-corrected chi connectivity index (χ2v) is 11.7. The van der Waals surface area contributed by atoms with Gasteiger partial charge >= 0.3 is 5.97 Å². The highest BCUT2D eigenvalue weighted by Crippen LogP contribution is 2.34. The van der Waals surface area contributed by atoms with Gasteiger partial charge in [-0.3, -0.25) is 4.90 Å². The van der Waals surface area contributed by atoms with Crippen molar-refractivity contribution in [3.8, 4) is 34.1 Å². The third-order valence-electron chi connectivity index (χ3n) is 7.95. The van der Waals surface area contributed by atoms with Crippen LogP contribution in [0.4, 0.5) is 0 Å². The molecule has 0 saturated heterocycles. The third kappa shape index (κ3) is 7.22. The number of hydrogen-bond acceptors (Lipinski definition) is 5. The highest BCUT2D eigenvalue weighted by Gasteiger charge is 2.23. The maximum Gasteiger partial charge on any atom is 0.335 e. The number of ether oxygens (including phenoxy) is 2. The maximum absolute atomic E-state index is 11.5. The second kappa shape index (κ2) is 14.0. The molecule has 45 heavy (non-hydrogen) atoms. The van der Waals surface area contributed by atoms with E-state index in [1.54, 1.807) is 12.1 Å². The topological polar surface area (TPSA) is 76.8 Å². The summed E-state index contributed by atoms with van der Waals surface area (Å²) < 4.78 is 14.0. The number of carboxylic acids is 1. The van der Waals surface area contributed by atoms with Gasteiger partial charge < -0.3 is 19.1 Å². The van der Waals surface area contributed by atoms with Crippen molar-refractivity contribution in [2.75, 3.05) is 13.2 Å². The molecule has 1 aromatic heterocycles. The molecular weight excluding hydrogens is 586 g/mol. The minimum absolute atomic E-state index is 0.271. The lowest BCUT2D eigenvalue weighted by Crippen LogP contribution is -2.25. The van der Waals surface area contributed by atoms with Gasteiger partial charge in [0, 0.05) is 42.3 Å². The maximum atomic E-state index is 11.5. The molecule has 0 unspecified atom stereocenters. The molecule has 0 bridgehead atoms. The predicted octanol–water partition coefficient (Wildman–Crippen LogP) is 8.34. The van der Waals surface area contributed by atoms with E-state index in [1.165, 1.54) is 0 Å². The van der Waals surface area contributed by atoms with Gasteiger partial charge in [0.05, 0.1) is 17.0 Å². The molecule has 8 heteroatoms. The van der Waals surface area contributed by atoms with Crippen molar-refractivity contribution in [1.82, 2.24) is 14.5 Å². The van der Waals surface area contributed by atoms with Gasteiger partial charge in [-0.25, -0.2) is 9.78 Å². The molecule has 4 aromatic carbocycles. The first-order chi connectivity index (χ1) is 22.0. The molecule has 0 atom stereocenters. The molecular formula is C37H36ClN3O4. The van der Waals surface area contributed by atoms with Gasteiger partial charge in [-0.15, -0.1) is 0 Å². The number of carbonyl (C=O) groups is 1. The number of nitrogens with zero attached hydrogens (tertiary/aromatic N) is 3. The zero-order valence-corrected chi connectivity index (χ0v) is 26.0. The predicted molar refractivity (Wildman–Crippen MR) is 177 cm³/mol. The zero-order valence-electron chi connectivity index (χ0n) is 25.3. The number of rotatable bonds is 12. The van der Waals surface area contributed by atoms with Gasteiger partial charge in [0.1, 0.15) is 19.0 Å². The van der Waals surface area contributed by atoms with E-state index in [0.717, 1.165) is 70.4 Å². The van der Waals surface area contributed by atoms with E-state index in [1.807, 2.05) is 60.7 Å². The molecule has 0 amide bonds. The summed E-state index contributed by atoms with van der Waals surface area (Å²) in [5.41, 5.74) is 6.50. The molecule has 0 aliphatic carbocycles. The molecule has 1 N–H and O–H groups in total. The average molecular weight is 622 g/mol. The Balaban J connectivity index is 1.43. The van der Waals surface area contributed by atoms with Gasteiger partial charge in [0.2, 0.25) is 0 Å². The molecule has 0 saturated carbocycles. The molecule has 1 aliphatic heterocycles. The van der Waals surface area contributed by atoms with Crippen LogP contribution in [0.5, 0.6) is 11.5 Å². The molecule has 7 nitrogen and oxygen atoms in total. The Morgan fingerprint density at radius 1 is 0.844 bits per heavy atom. The first-order valence-corrected chi connectivity index (χ1v) is 15.7. The van der Waals surface area contributed by atoms with Gasteiger partial charge in [-0.1, -0.05) is 85.6 Å². The molecule has 0 radical (unpaired) electrons. The number of unbranched alkanes of at least 4 members (excludes halogenated alkanes) is 1. The Morgan fingerprint density at radius 2 is 1.53 bits per heavy atom. The normalized spacial score (nSPS) is 12.4. The number of aromatic nitrogens is 2. The highest BCUT2D eigenvalue weighted by atomic mass is 35.5. The number of carboxylic acid groups (broad SMARTS) is 1. The van der Waals surface area contributed by atoms with Crippen LogP contribution in [0.3, 0.4) is 0 Å². The Labute approximate surface area is 268 Å². The highest BCUT2D eigenvalue weighted by molar-refractivity contribution is 6.30. The summed E-state index contributed by atoms with van der Waals surface area (Å²) >= 11 is 6.30. The molecule has 0 spiro atoms. The SMILES string of the molecule is CCCCn1c(-c2ccccc2)nc(-c2ccc(Cl)cc2)c1CN(Cc1ccc(C(=O)O)cc1)Cc1ccc2c(c1)OCCO2. The second-order valence-electron chi connectivity index (χ2n) is 11.2. The number of hydrogen-bond donors (Lipinski definition) is 1. The summed E-state index contributed by atoms with van der Waals surface area (Å²) in [5.74, 6) is 1.52. The first-order valence-electron chi connectivity index (χ1n) is 15.3. The average Bonchev–Trinajstić information content (AvgIpc) is 3.42. The van der Waals surface area contributed by atoms with E-state index in [4.69, 9.17) is 26.1 Å². The van der Waals surface area contributed by atoms with Crippen LogP contribution < -0.4 is 9.47 Å². The van der Waals surface area contributed by atoms with Gasteiger partial charge in [-0.2, -0.15) is 0 Å². The number of fused-ring (bicyclic) bond motifs is 1. The number of halogens is 1. The number of aromatic carboxylic acids is 1. The van der Waals surface area contributed by atoms with Gasteiger partial charge in [0.15, 0.2) is 11.5 Å². The molecule has 1 aliphatic rings. The summed E-state index contributed by atoms with van der Waals surface area (Å²) in [6.45, 7) is 5.96. The summed E-state index contributed by atoms with van der Waals surface area (Å²) in [7, 11) is 0. The van der Waals surface area contributed by atoms with Crippen LogP contribution in [0.25, 0.3) is 22.6 Å². The van der Waals surface area contributed by atoms with Crippen molar-refractivity contribution in [2.24, 2.45) is 0 Å². The van der Waals surface area contributed by atoms with Crippen LogP contribution in [0.15, 0.2) is 97.1 Å². The van der Waals surface area contributed by atoms with E-state index < -0.39 is 5.97 Å². The van der Waals surface area contributed by atoms with Crippen LogP contribution in [0.1, 0.15) is 46.9 Å². The van der Waals surface area contributed by atoms with Gasteiger partial charge in [-0.05, 0) is 53.9 Å². The van der Waals surface area contributed by atoms with E-state index in [2.05, 4.69) is 40.7 Å². The summed E-state index contributed by atoms with van der Waals surface area (Å²) in [4.78, 5) is 19.2. The van der Waals surface area contributed by atoms with Crippen molar-refractivity contribution in [3.63, 3.8) is 0 Å². The van der Waals surface area contributed by atoms with E-state index in [9.17, 15) is 9.90 Å². The Kier molecular flexibility index (Phi) is 9.48. The first kappa shape index (κ1) is 30.4. The van der Waals surface area contributed by atoms with Crippen molar-refractivity contribution < 1.29 is 19.4 Å². The summed E-state index contributed by atoms with van der Waals surface area (Å²) in [6, 6.07) is 31.4. The standard InChI is InChI=1S/C37H36ClN3O4/c1-2-3-19-41-32(35(28-14-16-31(38)17-15-28)39-36(41)29-7-5-4-6-8-29)25-40(23-26-9-12-30(13-10-26)37(42)43)24-27-11-18-33-34(22-27)45-21-20-44-33/h4-18,22H,2-3,19-21,23-25H2,1H3,(H,42,43). The lowest BCUT2D eigenvalue weighted by Gasteiger charge is -2.26.